The summed E-state index contributed by atoms with van der Waals surface area (Å²) in [7, 11) is 0. The predicted octanol–water partition coefficient (Wildman–Crippen LogP) is 2.48. The fraction of sp³-hybridized carbons (Fsp3) is 0.286. The number of rotatable bonds is 6. The fourth-order valence-electron chi connectivity index (χ4n) is 3.40. The molecule has 1 aliphatic rings. The van der Waals surface area contributed by atoms with Crippen molar-refractivity contribution in [2.24, 2.45) is 5.92 Å². The van der Waals surface area contributed by atoms with Gasteiger partial charge < -0.3 is 14.7 Å². The molecule has 8 nitrogen and oxygen atoms in total. The van der Waals surface area contributed by atoms with E-state index in [1.165, 1.54) is 0 Å². The highest BCUT2D eigenvalue weighted by Crippen LogP contribution is 2.23. The van der Waals surface area contributed by atoms with Crippen LogP contribution in [-0.2, 0) is 11.3 Å². The molecule has 1 fully saturated rings. The third-order valence-corrected chi connectivity index (χ3v) is 5.04. The number of nitrogens with one attached hydrogen (secondary N) is 1. The van der Waals surface area contributed by atoms with Gasteiger partial charge in [-0.05, 0) is 49.2 Å². The van der Waals surface area contributed by atoms with Gasteiger partial charge in [0.25, 0.3) is 0 Å². The summed E-state index contributed by atoms with van der Waals surface area (Å²) in [6.07, 6.45) is 4.04. The Labute approximate surface area is 167 Å². The Morgan fingerprint density at radius 1 is 1.17 bits per heavy atom. The van der Waals surface area contributed by atoms with Gasteiger partial charge in [-0.25, -0.2) is 0 Å². The molecule has 0 saturated carbocycles. The first-order chi connectivity index (χ1) is 14.2. The minimum absolute atomic E-state index is 0.00135. The molecule has 1 aromatic carbocycles. The van der Waals surface area contributed by atoms with Crippen LogP contribution in [0.1, 0.15) is 29.1 Å². The monoisotopic (exact) mass is 391 g/mol. The molecule has 29 heavy (non-hydrogen) atoms. The normalized spacial score (nSPS) is 14.6. The summed E-state index contributed by atoms with van der Waals surface area (Å²) >= 11 is 0. The number of amides is 1. The second-order valence-electron chi connectivity index (χ2n) is 6.92. The number of aldehydes is 1. The van der Waals surface area contributed by atoms with Crippen molar-refractivity contribution in [1.29, 1.82) is 0 Å². The summed E-state index contributed by atoms with van der Waals surface area (Å²) in [5, 5.41) is 6.79. The number of hydrogen-bond donors (Lipinski definition) is 1. The fourth-order valence-corrected chi connectivity index (χ4v) is 3.40. The van der Waals surface area contributed by atoms with Crippen LogP contribution in [0.25, 0.3) is 11.5 Å². The summed E-state index contributed by atoms with van der Waals surface area (Å²) in [5.74, 6) is 0.715. The van der Waals surface area contributed by atoms with Gasteiger partial charge in [0.15, 0.2) is 0 Å². The van der Waals surface area contributed by atoms with Crippen LogP contribution in [0.3, 0.4) is 0 Å². The lowest BCUT2D eigenvalue weighted by molar-refractivity contribution is -0.125. The molecule has 8 heteroatoms. The Morgan fingerprint density at radius 2 is 1.97 bits per heavy atom. The maximum Gasteiger partial charge on any atom is 0.246 e. The zero-order chi connectivity index (χ0) is 20.1. The van der Waals surface area contributed by atoms with E-state index in [9.17, 15) is 9.59 Å². The number of anilines is 1. The Bertz CT molecular complexity index is 963. The quantitative estimate of drug-likeness (QED) is 0.644. The molecule has 1 aliphatic heterocycles. The number of piperidine rings is 1. The summed E-state index contributed by atoms with van der Waals surface area (Å²) in [5.41, 5.74) is 2.36. The van der Waals surface area contributed by atoms with Gasteiger partial charge >= 0.3 is 0 Å². The maximum absolute atomic E-state index is 12.5. The van der Waals surface area contributed by atoms with Gasteiger partial charge in [-0.1, -0.05) is 11.2 Å². The minimum Gasteiger partial charge on any atom is -0.371 e. The molecular formula is C21H21N5O3. The van der Waals surface area contributed by atoms with E-state index in [-0.39, 0.29) is 18.4 Å². The number of aromatic nitrogens is 3. The summed E-state index contributed by atoms with van der Waals surface area (Å²) < 4.78 is 5.20. The van der Waals surface area contributed by atoms with Gasteiger partial charge in [0.05, 0.1) is 6.54 Å². The molecule has 0 aliphatic carbocycles. The predicted molar refractivity (Wildman–Crippen MR) is 106 cm³/mol. The maximum atomic E-state index is 12.5. The van der Waals surface area contributed by atoms with Gasteiger partial charge in [-0.2, -0.15) is 4.98 Å². The molecule has 148 valence electrons. The van der Waals surface area contributed by atoms with Crippen LogP contribution >= 0.6 is 0 Å². The Balaban J connectivity index is 1.27. The lowest BCUT2D eigenvalue weighted by Crippen LogP contribution is -2.40. The molecule has 4 rings (SSSR count). The molecule has 0 spiro atoms. The number of nitrogens with zero attached hydrogens (tertiary/aromatic N) is 4. The van der Waals surface area contributed by atoms with Gasteiger partial charge in [0.2, 0.25) is 17.6 Å². The van der Waals surface area contributed by atoms with Gasteiger partial charge in [0.1, 0.15) is 12.0 Å². The van der Waals surface area contributed by atoms with Crippen LogP contribution in [0.4, 0.5) is 5.69 Å². The molecule has 0 bridgehead atoms. The molecule has 2 aromatic heterocycles. The number of carbonyl (C=O) groups excluding carboxylic acids is 2. The lowest BCUT2D eigenvalue weighted by atomic mass is 9.95. The van der Waals surface area contributed by atoms with Crippen molar-refractivity contribution in [1.82, 2.24) is 20.4 Å². The van der Waals surface area contributed by atoms with Crippen molar-refractivity contribution in [3.63, 3.8) is 0 Å². The van der Waals surface area contributed by atoms with E-state index >= 15 is 0 Å². The third-order valence-electron chi connectivity index (χ3n) is 5.04. The largest absolute Gasteiger partial charge is 0.371 e. The van der Waals surface area contributed by atoms with E-state index < -0.39 is 0 Å². The molecule has 3 aromatic rings. The van der Waals surface area contributed by atoms with Crippen LogP contribution in [-0.4, -0.2) is 40.4 Å². The number of carbonyl (C=O) groups is 2. The molecule has 3 heterocycles. The van der Waals surface area contributed by atoms with Gasteiger partial charge in [-0.3, -0.25) is 14.6 Å². The standard InChI is InChI=1S/C21H21N5O3/c27-14-15-4-6-17(7-5-15)26-11-8-16(9-12-26)21(28)23-13-19-24-20(25-29-19)18-3-1-2-10-22-18/h1-7,10,14,16H,8-9,11-13H2,(H,23,28). The van der Waals surface area contributed by atoms with Crippen molar-refractivity contribution < 1.29 is 14.1 Å². The first-order valence-corrected chi connectivity index (χ1v) is 9.55. The topological polar surface area (TPSA) is 101 Å². The van der Waals surface area contributed by atoms with Crippen molar-refractivity contribution in [3.05, 3.63) is 60.1 Å². The van der Waals surface area contributed by atoms with E-state index in [2.05, 4.69) is 25.3 Å². The zero-order valence-electron chi connectivity index (χ0n) is 15.8. The molecule has 1 amide bonds. The first kappa shape index (κ1) is 18.8. The first-order valence-electron chi connectivity index (χ1n) is 9.55. The smallest absolute Gasteiger partial charge is 0.246 e. The summed E-state index contributed by atoms with van der Waals surface area (Å²) in [6, 6.07) is 13.0. The Hall–Kier alpha value is -3.55. The highest BCUT2D eigenvalue weighted by atomic mass is 16.5. The molecule has 0 unspecified atom stereocenters. The average Bonchev–Trinajstić information content (AvgIpc) is 3.27. The van der Waals surface area contributed by atoms with Crippen molar-refractivity contribution in [2.45, 2.75) is 19.4 Å². The van der Waals surface area contributed by atoms with E-state index in [4.69, 9.17) is 4.52 Å². The van der Waals surface area contributed by atoms with E-state index in [1.807, 2.05) is 36.4 Å². The van der Waals surface area contributed by atoms with Crippen LogP contribution < -0.4 is 10.2 Å². The Kier molecular flexibility index (Phi) is 5.60. The van der Waals surface area contributed by atoms with E-state index in [0.717, 1.165) is 37.9 Å². The van der Waals surface area contributed by atoms with E-state index in [1.54, 1.807) is 12.3 Å². The number of hydrogen-bond acceptors (Lipinski definition) is 7. The summed E-state index contributed by atoms with van der Waals surface area (Å²) in [6.45, 7) is 1.79. The summed E-state index contributed by atoms with van der Waals surface area (Å²) in [4.78, 5) is 34.0. The minimum atomic E-state index is -0.0429. The number of pyridine rings is 1. The van der Waals surface area contributed by atoms with Crippen molar-refractivity contribution in [3.8, 4) is 11.5 Å². The van der Waals surface area contributed by atoms with Crippen LogP contribution in [0.2, 0.25) is 0 Å². The van der Waals surface area contributed by atoms with Crippen molar-refractivity contribution in [2.75, 3.05) is 18.0 Å². The second kappa shape index (κ2) is 8.64. The number of benzene rings is 1. The second-order valence-corrected chi connectivity index (χ2v) is 6.92. The lowest BCUT2D eigenvalue weighted by Gasteiger charge is -2.33. The molecular weight excluding hydrogens is 370 g/mol. The van der Waals surface area contributed by atoms with Gasteiger partial charge in [0, 0.05) is 36.5 Å². The highest BCUT2D eigenvalue weighted by Gasteiger charge is 2.25. The molecule has 0 atom stereocenters. The zero-order valence-corrected chi connectivity index (χ0v) is 15.8. The van der Waals surface area contributed by atoms with Crippen LogP contribution in [0.5, 0.6) is 0 Å². The molecule has 1 saturated heterocycles. The van der Waals surface area contributed by atoms with Crippen LogP contribution in [0, 0.1) is 5.92 Å². The van der Waals surface area contributed by atoms with Crippen LogP contribution in [0.15, 0.2) is 53.2 Å². The SMILES string of the molecule is O=Cc1ccc(N2CCC(C(=O)NCc3nc(-c4ccccn4)no3)CC2)cc1. The van der Waals surface area contributed by atoms with Gasteiger partial charge in [-0.15, -0.1) is 0 Å². The van der Waals surface area contributed by atoms with Crippen molar-refractivity contribution >= 4 is 17.9 Å². The molecule has 1 N–H and O–H groups in total. The highest BCUT2D eigenvalue weighted by molar-refractivity contribution is 5.79. The third kappa shape index (κ3) is 4.48. The van der Waals surface area contributed by atoms with E-state index in [0.29, 0.717) is 23.0 Å². The molecule has 0 radical (unpaired) electrons. The Morgan fingerprint density at radius 3 is 2.66 bits per heavy atom. The average molecular weight is 391 g/mol.